The molecule has 1 N–H and O–H groups in total. The van der Waals surface area contributed by atoms with Crippen molar-refractivity contribution in [3.05, 3.63) is 53.8 Å². The molecule has 5 nitrogen and oxygen atoms in total. The number of halogens is 1. The first-order valence-corrected chi connectivity index (χ1v) is 9.03. The lowest BCUT2D eigenvalue weighted by Crippen LogP contribution is -2.23. The molecule has 0 radical (unpaired) electrons. The van der Waals surface area contributed by atoms with Crippen LogP contribution < -0.4 is 10.1 Å². The molecule has 0 bridgehead atoms. The van der Waals surface area contributed by atoms with E-state index in [4.69, 9.17) is 4.74 Å². The number of hydrogen-bond acceptors (Lipinski definition) is 4. The summed E-state index contributed by atoms with van der Waals surface area (Å²) in [4.78, 5) is 27.1. The molecule has 1 atom stereocenters. The molecule has 0 aromatic heterocycles. The summed E-state index contributed by atoms with van der Waals surface area (Å²) in [6.45, 7) is 0.724. The van der Waals surface area contributed by atoms with Gasteiger partial charge in [-0.1, -0.05) is 12.1 Å². The summed E-state index contributed by atoms with van der Waals surface area (Å²) in [5.41, 5.74) is 0.488. The van der Waals surface area contributed by atoms with Gasteiger partial charge in [0.05, 0.1) is 23.6 Å². The molecule has 1 unspecified atom stereocenters. The highest BCUT2D eigenvalue weighted by Crippen LogP contribution is 2.35. The number of rotatable bonds is 5. The van der Waals surface area contributed by atoms with E-state index in [0.717, 1.165) is 17.9 Å². The molecule has 0 aliphatic carbocycles. The van der Waals surface area contributed by atoms with Crippen molar-refractivity contribution in [2.24, 2.45) is 0 Å². The number of ether oxygens (including phenoxy) is 1. The van der Waals surface area contributed by atoms with Crippen LogP contribution in [-0.4, -0.2) is 42.7 Å². The van der Waals surface area contributed by atoms with Gasteiger partial charge >= 0.3 is 0 Å². The molecule has 26 heavy (non-hydrogen) atoms. The Labute approximate surface area is 155 Å². The van der Waals surface area contributed by atoms with Gasteiger partial charge in [0.1, 0.15) is 11.6 Å². The average Bonchev–Trinajstić information content (AvgIpc) is 2.95. The summed E-state index contributed by atoms with van der Waals surface area (Å²) in [6, 6.07) is 11.3. The molecule has 0 spiro atoms. The van der Waals surface area contributed by atoms with E-state index in [-0.39, 0.29) is 16.7 Å². The minimum Gasteiger partial charge on any atom is -0.497 e. The van der Waals surface area contributed by atoms with Gasteiger partial charge in [-0.05, 0) is 30.7 Å². The van der Waals surface area contributed by atoms with Crippen molar-refractivity contribution in [1.82, 2.24) is 4.90 Å². The summed E-state index contributed by atoms with van der Waals surface area (Å²) >= 11 is 1.42. The van der Waals surface area contributed by atoms with Crippen molar-refractivity contribution >= 4 is 29.3 Å². The zero-order valence-electron chi connectivity index (χ0n) is 14.5. The Kier molecular flexibility index (Phi) is 5.46. The molecule has 2 aromatic rings. The molecule has 1 heterocycles. The number of benzene rings is 2. The van der Waals surface area contributed by atoms with Crippen molar-refractivity contribution in [1.29, 1.82) is 0 Å². The molecular weight excluding hydrogens is 355 g/mol. The van der Waals surface area contributed by atoms with Crippen molar-refractivity contribution in [2.75, 3.05) is 26.0 Å². The predicted octanol–water partition coefficient (Wildman–Crippen LogP) is 3.41. The smallest absolute Gasteiger partial charge is 0.258 e. The first kappa shape index (κ1) is 18.3. The van der Waals surface area contributed by atoms with E-state index in [1.165, 1.54) is 37.1 Å². The topological polar surface area (TPSA) is 58.6 Å². The summed E-state index contributed by atoms with van der Waals surface area (Å²) in [6.07, 6.45) is 0.759. The lowest BCUT2D eigenvalue weighted by atomic mass is 10.2. The number of para-hydroxylation sites is 1. The highest BCUT2D eigenvalue weighted by Gasteiger charge is 2.30. The highest BCUT2D eigenvalue weighted by molar-refractivity contribution is 8.00. The second-order valence-corrected chi connectivity index (χ2v) is 7.20. The molecule has 0 saturated carbocycles. The molecule has 1 aliphatic rings. The number of carbonyl (C=O) groups is 2. The van der Waals surface area contributed by atoms with Crippen LogP contribution in [0.25, 0.3) is 0 Å². The van der Waals surface area contributed by atoms with Gasteiger partial charge in [-0.15, -0.1) is 11.8 Å². The summed E-state index contributed by atoms with van der Waals surface area (Å²) in [5.74, 6) is -0.774. The molecule has 1 saturated heterocycles. The van der Waals surface area contributed by atoms with Gasteiger partial charge in [0.25, 0.3) is 5.91 Å². The van der Waals surface area contributed by atoms with Crippen LogP contribution in [0.3, 0.4) is 0 Å². The first-order chi connectivity index (χ1) is 12.5. The Morgan fingerprint density at radius 1 is 1.31 bits per heavy atom. The number of hydrogen-bond donors (Lipinski definition) is 1. The highest BCUT2D eigenvalue weighted by atomic mass is 32.2. The average molecular weight is 374 g/mol. The van der Waals surface area contributed by atoms with E-state index in [1.807, 2.05) is 12.1 Å². The first-order valence-electron chi connectivity index (χ1n) is 8.15. The van der Waals surface area contributed by atoms with Gasteiger partial charge < -0.3 is 15.0 Å². The summed E-state index contributed by atoms with van der Waals surface area (Å²) in [5, 5.41) is 2.57. The number of thioether (sulfide) groups is 1. The zero-order chi connectivity index (χ0) is 18.7. The third-order valence-corrected chi connectivity index (χ3v) is 5.54. The molecule has 3 rings (SSSR count). The second-order valence-electron chi connectivity index (χ2n) is 5.95. The van der Waals surface area contributed by atoms with Crippen molar-refractivity contribution in [2.45, 2.75) is 16.6 Å². The Morgan fingerprint density at radius 3 is 2.73 bits per heavy atom. The van der Waals surface area contributed by atoms with Crippen LogP contribution in [0.4, 0.5) is 10.1 Å². The number of likely N-dealkylation sites (tertiary alicyclic amines) is 1. The largest absolute Gasteiger partial charge is 0.497 e. The molecule has 136 valence electrons. The third-order valence-electron chi connectivity index (χ3n) is 4.20. The maximum atomic E-state index is 14.1. The molecule has 1 fully saturated rings. The quantitative estimate of drug-likeness (QED) is 0.871. The van der Waals surface area contributed by atoms with E-state index >= 15 is 0 Å². The van der Waals surface area contributed by atoms with Crippen LogP contribution >= 0.6 is 11.8 Å². The van der Waals surface area contributed by atoms with E-state index in [2.05, 4.69) is 5.32 Å². The maximum absolute atomic E-state index is 14.1. The predicted molar refractivity (Wildman–Crippen MR) is 99.2 cm³/mol. The number of methoxy groups -OCH3 is 1. The Bertz CT molecular complexity index is 843. The fourth-order valence-corrected chi connectivity index (χ4v) is 3.94. The lowest BCUT2D eigenvalue weighted by molar-refractivity contribution is -0.126. The molecule has 7 heteroatoms. The van der Waals surface area contributed by atoms with E-state index in [0.29, 0.717) is 11.4 Å². The van der Waals surface area contributed by atoms with Crippen LogP contribution in [-0.2, 0) is 4.79 Å². The van der Waals surface area contributed by atoms with Gasteiger partial charge in [-0.25, -0.2) is 4.39 Å². The molecule has 1 aliphatic heterocycles. The van der Waals surface area contributed by atoms with Gasteiger partial charge in [0.2, 0.25) is 5.91 Å². The number of anilines is 1. The van der Waals surface area contributed by atoms with Crippen LogP contribution in [0.5, 0.6) is 5.75 Å². The summed E-state index contributed by atoms with van der Waals surface area (Å²) < 4.78 is 19.1. The van der Waals surface area contributed by atoms with E-state index in [9.17, 15) is 14.0 Å². The van der Waals surface area contributed by atoms with Crippen molar-refractivity contribution < 1.29 is 18.7 Å². The van der Waals surface area contributed by atoms with Gasteiger partial charge in [0.15, 0.2) is 0 Å². The van der Waals surface area contributed by atoms with Gasteiger partial charge in [0, 0.05) is 24.6 Å². The van der Waals surface area contributed by atoms with Crippen LogP contribution in [0.15, 0.2) is 47.4 Å². The van der Waals surface area contributed by atoms with Crippen molar-refractivity contribution in [3.63, 3.8) is 0 Å². The van der Waals surface area contributed by atoms with Gasteiger partial charge in [-0.2, -0.15) is 0 Å². The Hall–Kier alpha value is -2.54. The van der Waals surface area contributed by atoms with E-state index in [1.54, 1.807) is 24.1 Å². The fraction of sp³-hybridized carbons (Fsp3) is 0.263. The lowest BCUT2D eigenvalue weighted by Gasteiger charge is -2.14. The number of carbonyl (C=O) groups excluding carboxylic acids is 2. The minimum atomic E-state index is -0.653. The monoisotopic (exact) mass is 374 g/mol. The van der Waals surface area contributed by atoms with Crippen LogP contribution in [0, 0.1) is 5.82 Å². The fourth-order valence-electron chi connectivity index (χ4n) is 2.72. The number of nitrogens with zero attached hydrogens (tertiary/aromatic N) is 1. The number of nitrogens with one attached hydrogen (secondary N) is 1. The van der Waals surface area contributed by atoms with Crippen LogP contribution in [0.2, 0.25) is 0 Å². The molecular formula is C19H19FN2O3S. The van der Waals surface area contributed by atoms with Gasteiger partial charge in [-0.3, -0.25) is 9.59 Å². The standard InChI is InChI=1S/C19H19FN2O3S/c1-22-10-9-17(19(22)24)26-16-6-4-3-5-15(16)21-18(23)13-8-7-12(25-2)11-14(13)20/h3-8,11,17H,9-10H2,1-2H3,(H,21,23). The number of amides is 2. The molecule has 2 amide bonds. The minimum absolute atomic E-state index is 0.0673. The molecule has 2 aromatic carbocycles. The Morgan fingerprint density at radius 2 is 2.08 bits per heavy atom. The maximum Gasteiger partial charge on any atom is 0.258 e. The normalized spacial score (nSPS) is 16.7. The SMILES string of the molecule is COc1ccc(C(=O)Nc2ccccc2SC2CCN(C)C2=O)c(F)c1. The van der Waals surface area contributed by atoms with Crippen LogP contribution in [0.1, 0.15) is 16.8 Å². The third kappa shape index (κ3) is 3.83. The zero-order valence-corrected chi connectivity index (χ0v) is 15.3. The van der Waals surface area contributed by atoms with E-state index < -0.39 is 11.7 Å². The summed E-state index contributed by atoms with van der Waals surface area (Å²) in [7, 11) is 3.22. The second kappa shape index (κ2) is 7.78. The Balaban J connectivity index is 1.78. The van der Waals surface area contributed by atoms with Crippen molar-refractivity contribution in [3.8, 4) is 5.75 Å².